The number of ether oxygens (including phenoxy) is 2. The van der Waals surface area contributed by atoms with Crippen LogP contribution in [0.15, 0.2) is 24.3 Å². The van der Waals surface area contributed by atoms with Crippen LogP contribution in [0, 0.1) is 0 Å². The number of nitrogens with one attached hydrogen (secondary N) is 1. The first-order chi connectivity index (χ1) is 11.8. The van der Waals surface area contributed by atoms with Gasteiger partial charge in [-0.2, -0.15) is 0 Å². The highest BCUT2D eigenvalue weighted by Gasteiger charge is 2.05. The zero-order valence-electron chi connectivity index (χ0n) is 15.1. The number of carboxylic acids is 2. The molecule has 0 spiro atoms. The summed E-state index contributed by atoms with van der Waals surface area (Å²) in [6.07, 6.45) is 5.17. The summed E-state index contributed by atoms with van der Waals surface area (Å²) in [5, 5.41) is 18.2. The maximum absolute atomic E-state index is 9.10. The minimum Gasteiger partial charge on any atom is -0.493 e. The van der Waals surface area contributed by atoms with E-state index in [2.05, 4.69) is 19.2 Å². The molecular formula is C18H27NO6. The van der Waals surface area contributed by atoms with Gasteiger partial charge in [-0.15, -0.1) is 0 Å². The molecule has 0 aliphatic heterocycles. The maximum Gasteiger partial charge on any atom is 0.414 e. The quantitative estimate of drug-likeness (QED) is 0.487. The lowest BCUT2D eigenvalue weighted by Crippen LogP contribution is -2.29. The van der Waals surface area contributed by atoms with Crippen molar-refractivity contribution >= 4 is 18.0 Å². The first kappa shape index (κ1) is 22.5. The lowest BCUT2D eigenvalue weighted by Gasteiger charge is -2.14. The van der Waals surface area contributed by atoms with Crippen LogP contribution in [0.1, 0.15) is 32.8 Å². The van der Waals surface area contributed by atoms with Crippen LogP contribution in [-0.4, -0.2) is 48.5 Å². The molecule has 3 N–H and O–H groups in total. The Hall–Kier alpha value is -2.54. The van der Waals surface area contributed by atoms with Crippen LogP contribution in [0.2, 0.25) is 0 Å². The fourth-order valence-electron chi connectivity index (χ4n) is 1.71. The predicted octanol–water partition coefficient (Wildman–Crippen LogP) is 2.65. The summed E-state index contributed by atoms with van der Waals surface area (Å²) < 4.78 is 11.1. The summed E-state index contributed by atoms with van der Waals surface area (Å²) in [6.45, 7) is 7.82. The zero-order valence-corrected chi connectivity index (χ0v) is 15.1. The minimum absolute atomic E-state index is 0.530. The molecule has 0 bridgehead atoms. The monoisotopic (exact) mass is 353 g/mol. The molecule has 0 heterocycles. The van der Waals surface area contributed by atoms with Gasteiger partial charge < -0.3 is 25.0 Å². The van der Waals surface area contributed by atoms with Gasteiger partial charge in [0, 0.05) is 12.6 Å². The number of carboxylic acid groups (broad SMARTS) is 2. The van der Waals surface area contributed by atoms with Crippen molar-refractivity contribution in [1.82, 2.24) is 5.32 Å². The van der Waals surface area contributed by atoms with E-state index in [-0.39, 0.29) is 0 Å². The van der Waals surface area contributed by atoms with Gasteiger partial charge in [-0.25, -0.2) is 9.59 Å². The number of aliphatic carboxylic acids is 2. The largest absolute Gasteiger partial charge is 0.493 e. The first-order valence-corrected chi connectivity index (χ1v) is 7.98. The number of rotatable bonds is 8. The lowest BCUT2D eigenvalue weighted by molar-refractivity contribution is -0.159. The van der Waals surface area contributed by atoms with Gasteiger partial charge in [0.2, 0.25) is 0 Å². The topological polar surface area (TPSA) is 105 Å². The van der Waals surface area contributed by atoms with Gasteiger partial charge in [-0.05, 0) is 38.0 Å². The van der Waals surface area contributed by atoms with Crippen molar-refractivity contribution in [3.63, 3.8) is 0 Å². The molecule has 140 valence electrons. The molecule has 1 unspecified atom stereocenters. The fourth-order valence-corrected chi connectivity index (χ4v) is 1.71. The summed E-state index contributed by atoms with van der Waals surface area (Å²) >= 11 is 0. The molecule has 1 aromatic rings. The van der Waals surface area contributed by atoms with Crippen molar-refractivity contribution in [2.45, 2.75) is 33.2 Å². The molecule has 0 aromatic heterocycles. The third-order valence-electron chi connectivity index (χ3n) is 3.19. The summed E-state index contributed by atoms with van der Waals surface area (Å²) in [7, 11) is 1.67. The summed E-state index contributed by atoms with van der Waals surface area (Å²) in [6, 6.07) is 6.50. The van der Waals surface area contributed by atoms with E-state index in [4.69, 9.17) is 29.3 Å². The molecule has 1 atom stereocenters. The number of allylic oxidation sites excluding steroid dienone is 1. The zero-order chi connectivity index (χ0) is 19.2. The third kappa shape index (κ3) is 10.0. The van der Waals surface area contributed by atoms with E-state index in [0.29, 0.717) is 12.6 Å². The predicted molar refractivity (Wildman–Crippen MR) is 96.2 cm³/mol. The van der Waals surface area contributed by atoms with Crippen molar-refractivity contribution in [2.75, 3.05) is 20.3 Å². The van der Waals surface area contributed by atoms with E-state index >= 15 is 0 Å². The summed E-state index contributed by atoms with van der Waals surface area (Å²) in [5.74, 6) is -2.08. The highest BCUT2D eigenvalue weighted by Crippen LogP contribution is 2.28. The Morgan fingerprint density at radius 2 is 1.88 bits per heavy atom. The highest BCUT2D eigenvalue weighted by molar-refractivity contribution is 6.27. The van der Waals surface area contributed by atoms with Crippen molar-refractivity contribution in [3.05, 3.63) is 29.8 Å². The van der Waals surface area contributed by atoms with Crippen LogP contribution in [0.4, 0.5) is 0 Å². The minimum atomic E-state index is -1.82. The van der Waals surface area contributed by atoms with Crippen LogP contribution >= 0.6 is 0 Å². The number of methoxy groups -OCH3 is 1. The SMILES string of the molecule is CC=Cc1ccc(OCCNC(C)CC)c(OC)c1.O=C(O)C(=O)O. The second-order valence-electron chi connectivity index (χ2n) is 5.13. The van der Waals surface area contributed by atoms with E-state index in [1.165, 1.54) is 0 Å². The van der Waals surface area contributed by atoms with Gasteiger partial charge in [0.15, 0.2) is 11.5 Å². The Morgan fingerprint density at radius 3 is 2.36 bits per heavy atom. The van der Waals surface area contributed by atoms with Crippen LogP contribution < -0.4 is 14.8 Å². The Morgan fingerprint density at radius 1 is 1.24 bits per heavy atom. The molecule has 1 rings (SSSR count). The molecule has 7 heteroatoms. The van der Waals surface area contributed by atoms with E-state index < -0.39 is 11.9 Å². The van der Waals surface area contributed by atoms with Crippen molar-refractivity contribution < 1.29 is 29.3 Å². The fraction of sp³-hybridized carbons (Fsp3) is 0.444. The maximum atomic E-state index is 9.10. The van der Waals surface area contributed by atoms with Gasteiger partial charge in [0.1, 0.15) is 6.61 Å². The standard InChI is InChI=1S/C16H25NO2.C2H2O4/c1-5-7-14-8-9-15(16(12-14)18-4)19-11-10-17-13(3)6-2;3-1(4)2(5)6/h5,7-9,12-13,17H,6,10-11H2,1-4H3;(H,3,4)(H,5,6). The van der Waals surface area contributed by atoms with E-state index in [0.717, 1.165) is 30.0 Å². The van der Waals surface area contributed by atoms with Crippen molar-refractivity contribution in [1.29, 1.82) is 0 Å². The van der Waals surface area contributed by atoms with E-state index in [1.807, 2.05) is 37.3 Å². The molecule has 0 fully saturated rings. The van der Waals surface area contributed by atoms with Crippen LogP contribution in [0.3, 0.4) is 0 Å². The third-order valence-corrected chi connectivity index (χ3v) is 3.19. The molecule has 7 nitrogen and oxygen atoms in total. The van der Waals surface area contributed by atoms with Gasteiger partial charge >= 0.3 is 11.9 Å². The van der Waals surface area contributed by atoms with Gasteiger partial charge in [-0.3, -0.25) is 0 Å². The molecule has 0 saturated heterocycles. The van der Waals surface area contributed by atoms with Crippen molar-refractivity contribution in [3.8, 4) is 11.5 Å². The lowest BCUT2D eigenvalue weighted by atomic mass is 10.2. The second kappa shape index (κ2) is 12.8. The van der Waals surface area contributed by atoms with Gasteiger partial charge in [0.25, 0.3) is 0 Å². The molecule has 0 amide bonds. The average molecular weight is 353 g/mol. The number of hydrogen-bond donors (Lipinski definition) is 3. The molecular weight excluding hydrogens is 326 g/mol. The molecule has 0 aliphatic rings. The van der Waals surface area contributed by atoms with E-state index in [9.17, 15) is 0 Å². The molecule has 0 saturated carbocycles. The second-order valence-corrected chi connectivity index (χ2v) is 5.13. The highest BCUT2D eigenvalue weighted by atomic mass is 16.5. The van der Waals surface area contributed by atoms with Crippen molar-refractivity contribution in [2.24, 2.45) is 0 Å². The molecule has 25 heavy (non-hydrogen) atoms. The number of carbonyl (C=O) groups is 2. The van der Waals surface area contributed by atoms with Crippen LogP contribution in [0.25, 0.3) is 6.08 Å². The Kier molecular flexibility index (Phi) is 11.5. The molecule has 1 aromatic carbocycles. The smallest absolute Gasteiger partial charge is 0.414 e. The van der Waals surface area contributed by atoms with Crippen LogP contribution in [-0.2, 0) is 9.59 Å². The normalized spacial score (nSPS) is 11.4. The average Bonchev–Trinajstić information content (AvgIpc) is 2.59. The Labute approximate surface area is 148 Å². The summed E-state index contributed by atoms with van der Waals surface area (Å²) in [5.41, 5.74) is 1.12. The summed E-state index contributed by atoms with van der Waals surface area (Å²) in [4.78, 5) is 18.2. The molecule has 0 aliphatic carbocycles. The Balaban J connectivity index is 0.000000823. The van der Waals surface area contributed by atoms with Crippen LogP contribution in [0.5, 0.6) is 11.5 Å². The number of benzene rings is 1. The number of hydrogen-bond acceptors (Lipinski definition) is 5. The Bertz CT molecular complexity index is 559. The first-order valence-electron chi connectivity index (χ1n) is 7.98. The molecule has 0 radical (unpaired) electrons. The van der Waals surface area contributed by atoms with Gasteiger partial charge in [0.05, 0.1) is 7.11 Å². The van der Waals surface area contributed by atoms with Gasteiger partial charge in [-0.1, -0.05) is 25.1 Å². The van der Waals surface area contributed by atoms with E-state index in [1.54, 1.807) is 7.11 Å².